The van der Waals surface area contributed by atoms with Gasteiger partial charge in [-0.15, -0.1) is 0 Å². The molecule has 0 fully saturated rings. The molecule has 0 spiro atoms. The number of carbonyl (C=O) groups is 1. The Labute approximate surface area is 99.2 Å². The van der Waals surface area contributed by atoms with Gasteiger partial charge in [-0.3, -0.25) is 0 Å². The molecular weight excluding hydrogens is 218 g/mol. The van der Waals surface area contributed by atoms with Crippen molar-refractivity contribution >= 4 is 6.09 Å². The first-order chi connectivity index (χ1) is 8.19. The van der Waals surface area contributed by atoms with Crippen LogP contribution in [0.25, 0.3) is 11.3 Å². The summed E-state index contributed by atoms with van der Waals surface area (Å²) in [5.74, 6) is 2.16. The van der Waals surface area contributed by atoms with Gasteiger partial charge in [0.1, 0.15) is 17.3 Å². The van der Waals surface area contributed by atoms with Crippen molar-refractivity contribution in [1.82, 2.24) is 5.32 Å². The summed E-state index contributed by atoms with van der Waals surface area (Å²) in [5.41, 5.74) is 0.947. The Bertz CT molecular complexity index is 514. The number of hydrogen-bond donors (Lipinski definition) is 1. The van der Waals surface area contributed by atoms with Crippen LogP contribution in [0, 0.1) is 6.92 Å². The van der Waals surface area contributed by atoms with Crippen molar-refractivity contribution in [3.05, 3.63) is 42.2 Å². The van der Waals surface area contributed by atoms with Crippen molar-refractivity contribution in [1.29, 1.82) is 0 Å². The molecule has 0 atom stereocenters. The van der Waals surface area contributed by atoms with E-state index in [1.165, 1.54) is 7.05 Å². The molecule has 17 heavy (non-hydrogen) atoms. The lowest BCUT2D eigenvalue weighted by molar-refractivity contribution is 0.203. The topological polar surface area (TPSA) is 51.5 Å². The van der Waals surface area contributed by atoms with Crippen molar-refractivity contribution in [3.8, 4) is 17.1 Å². The number of rotatable bonds is 2. The lowest BCUT2D eigenvalue weighted by atomic mass is 10.2. The summed E-state index contributed by atoms with van der Waals surface area (Å²) in [6.07, 6.45) is -0.480. The van der Waals surface area contributed by atoms with Gasteiger partial charge in [-0.2, -0.15) is 0 Å². The van der Waals surface area contributed by atoms with Gasteiger partial charge in [0.05, 0.1) is 0 Å². The Morgan fingerprint density at radius 3 is 2.41 bits per heavy atom. The molecule has 1 heterocycles. The average Bonchev–Trinajstić information content (AvgIpc) is 2.77. The van der Waals surface area contributed by atoms with Crippen molar-refractivity contribution in [2.75, 3.05) is 7.05 Å². The number of hydrogen-bond acceptors (Lipinski definition) is 3. The minimum atomic E-state index is -0.480. The third-order valence-corrected chi connectivity index (χ3v) is 2.29. The molecular formula is C13H13NO3. The highest BCUT2D eigenvalue weighted by atomic mass is 16.5. The van der Waals surface area contributed by atoms with Gasteiger partial charge in [0.25, 0.3) is 0 Å². The summed E-state index contributed by atoms with van der Waals surface area (Å²) < 4.78 is 10.5. The summed E-state index contributed by atoms with van der Waals surface area (Å²) in [6.45, 7) is 1.90. The molecule has 1 N–H and O–H groups in total. The monoisotopic (exact) mass is 231 g/mol. The quantitative estimate of drug-likeness (QED) is 0.864. The van der Waals surface area contributed by atoms with E-state index in [0.29, 0.717) is 5.75 Å². The Balaban J connectivity index is 2.15. The Hall–Kier alpha value is -2.23. The van der Waals surface area contributed by atoms with E-state index >= 15 is 0 Å². The van der Waals surface area contributed by atoms with Crippen molar-refractivity contribution in [2.24, 2.45) is 0 Å². The first-order valence-electron chi connectivity index (χ1n) is 5.25. The fourth-order valence-corrected chi connectivity index (χ4v) is 1.43. The maximum atomic E-state index is 11.0. The molecule has 0 unspecified atom stereocenters. The van der Waals surface area contributed by atoms with Crippen LogP contribution < -0.4 is 10.1 Å². The van der Waals surface area contributed by atoms with Crippen molar-refractivity contribution in [3.63, 3.8) is 0 Å². The zero-order valence-corrected chi connectivity index (χ0v) is 9.69. The number of carbonyl (C=O) groups excluding carboxylic acids is 1. The lowest BCUT2D eigenvalue weighted by Gasteiger charge is -2.03. The molecule has 4 heteroatoms. The van der Waals surface area contributed by atoms with Gasteiger partial charge >= 0.3 is 6.09 Å². The first-order valence-corrected chi connectivity index (χ1v) is 5.25. The van der Waals surface area contributed by atoms with Gasteiger partial charge in [0.15, 0.2) is 0 Å². The van der Waals surface area contributed by atoms with Crippen LogP contribution in [0.3, 0.4) is 0 Å². The predicted octanol–water partition coefficient (Wildman–Crippen LogP) is 2.97. The molecule has 0 aliphatic heterocycles. The van der Waals surface area contributed by atoms with Crippen LogP contribution in [0.1, 0.15) is 5.76 Å². The Morgan fingerprint density at radius 2 is 1.88 bits per heavy atom. The zero-order chi connectivity index (χ0) is 12.3. The highest BCUT2D eigenvalue weighted by molar-refractivity contribution is 5.70. The minimum Gasteiger partial charge on any atom is -0.461 e. The van der Waals surface area contributed by atoms with Crippen LogP contribution in [0.2, 0.25) is 0 Å². The first kappa shape index (κ1) is 11.3. The molecule has 2 aromatic rings. The van der Waals surface area contributed by atoms with E-state index in [2.05, 4.69) is 5.32 Å². The van der Waals surface area contributed by atoms with Crippen LogP contribution in [0.15, 0.2) is 40.8 Å². The number of furan rings is 1. The molecule has 1 aromatic heterocycles. The van der Waals surface area contributed by atoms with E-state index in [4.69, 9.17) is 9.15 Å². The summed E-state index contributed by atoms with van der Waals surface area (Å²) in [7, 11) is 1.52. The zero-order valence-electron chi connectivity index (χ0n) is 9.69. The molecule has 0 bridgehead atoms. The minimum absolute atomic E-state index is 0.480. The summed E-state index contributed by atoms with van der Waals surface area (Å²) >= 11 is 0. The second-order valence-corrected chi connectivity index (χ2v) is 3.57. The maximum Gasteiger partial charge on any atom is 0.412 e. The van der Waals surface area contributed by atoms with Crippen LogP contribution >= 0.6 is 0 Å². The third kappa shape index (κ3) is 2.66. The summed E-state index contributed by atoms with van der Waals surface area (Å²) in [6, 6.07) is 11.0. The highest BCUT2D eigenvalue weighted by Crippen LogP contribution is 2.24. The molecule has 1 aromatic carbocycles. The lowest BCUT2D eigenvalue weighted by Crippen LogP contribution is -2.21. The van der Waals surface area contributed by atoms with Crippen LogP contribution in [-0.4, -0.2) is 13.1 Å². The number of nitrogens with one attached hydrogen (secondary N) is 1. The third-order valence-electron chi connectivity index (χ3n) is 2.29. The molecule has 1 amide bonds. The van der Waals surface area contributed by atoms with E-state index in [9.17, 15) is 4.79 Å². The van der Waals surface area contributed by atoms with Crippen LogP contribution in [0.5, 0.6) is 5.75 Å². The second-order valence-electron chi connectivity index (χ2n) is 3.57. The van der Waals surface area contributed by atoms with E-state index in [-0.39, 0.29) is 0 Å². The number of ether oxygens (including phenoxy) is 1. The van der Waals surface area contributed by atoms with Gasteiger partial charge in [-0.1, -0.05) is 0 Å². The highest BCUT2D eigenvalue weighted by Gasteiger charge is 2.04. The van der Waals surface area contributed by atoms with Gasteiger partial charge in [-0.05, 0) is 43.3 Å². The van der Waals surface area contributed by atoms with E-state index in [1.807, 2.05) is 31.2 Å². The fraction of sp³-hybridized carbons (Fsp3) is 0.154. The Kier molecular flexibility index (Phi) is 3.14. The smallest absolute Gasteiger partial charge is 0.412 e. The SMILES string of the molecule is CNC(=O)Oc1ccc(-c2ccc(C)o2)cc1. The molecule has 2 rings (SSSR count). The van der Waals surface area contributed by atoms with Gasteiger partial charge in [-0.25, -0.2) is 4.79 Å². The molecule has 0 saturated carbocycles. The number of aryl methyl sites for hydroxylation is 1. The number of benzene rings is 1. The van der Waals surface area contributed by atoms with Crippen LogP contribution in [-0.2, 0) is 0 Å². The summed E-state index contributed by atoms with van der Waals surface area (Å²) in [4.78, 5) is 11.0. The molecule has 0 saturated heterocycles. The summed E-state index contributed by atoms with van der Waals surface area (Å²) in [5, 5.41) is 2.38. The molecule has 88 valence electrons. The molecule has 0 radical (unpaired) electrons. The van der Waals surface area contributed by atoms with E-state index in [0.717, 1.165) is 17.1 Å². The van der Waals surface area contributed by atoms with Gasteiger partial charge in [0, 0.05) is 12.6 Å². The fourth-order valence-electron chi connectivity index (χ4n) is 1.43. The maximum absolute atomic E-state index is 11.0. The molecule has 0 aliphatic carbocycles. The van der Waals surface area contributed by atoms with Crippen LogP contribution in [0.4, 0.5) is 4.79 Å². The van der Waals surface area contributed by atoms with Crippen molar-refractivity contribution in [2.45, 2.75) is 6.92 Å². The molecule has 4 nitrogen and oxygen atoms in total. The second kappa shape index (κ2) is 4.74. The standard InChI is InChI=1S/C13H13NO3/c1-9-3-8-12(16-9)10-4-6-11(7-5-10)17-13(15)14-2/h3-8H,1-2H3,(H,14,15). The molecule has 0 aliphatic rings. The number of amides is 1. The van der Waals surface area contributed by atoms with Gasteiger partial charge in [0.2, 0.25) is 0 Å². The van der Waals surface area contributed by atoms with E-state index in [1.54, 1.807) is 12.1 Å². The predicted molar refractivity (Wildman–Crippen MR) is 64.0 cm³/mol. The average molecular weight is 231 g/mol. The van der Waals surface area contributed by atoms with Crippen molar-refractivity contribution < 1.29 is 13.9 Å². The Morgan fingerprint density at radius 1 is 1.18 bits per heavy atom. The van der Waals surface area contributed by atoms with E-state index < -0.39 is 6.09 Å². The normalized spacial score (nSPS) is 10.0. The largest absolute Gasteiger partial charge is 0.461 e. The van der Waals surface area contributed by atoms with Gasteiger partial charge < -0.3 is 14.5 Å².